The number of imidazole rings is 1. The number of fused-ring (bicyclic) bond motifs is 1. The molecule has 0 spiro atoms. The van der Waals surface area contributed by atoms with E-state index >= 15 is 0 Å². The standard InChI is InChI=1S/C24H22N4O3/c25-23(29)16-7-11-18(12-8-16)31-19-13-9-17(10-14-19)24(30)26-15-3-6-22-27-20-4-1-2-5-21(20)28-22/h1-2,4-5,7-14H,3,6,15H2,(H2,25,29)(H,26,30)(H,27,28). The van der Waals surface area contributed by atoms with Crippen LogP contribution in [0, 0.1) is 0 Å². The molecule has 7 nitrogen and oxygen atoms in total. The SMILES string of the molecule is NC(=O)c1ccc(Oc2ccc(C(=O)NCCCc3nc4ccccc4[nH]3)cc2)cc1. The second-order valence-electron chi connectivity index (χ2n) is 7.08. The zero-order valence-corrected chi connectivity index (χ0v) is 16.8. The summed E-state index contributed by atoms with van der Waals surface area (Å²) in [5, 5.41) is 2.92. The first-order chi connectivity index (χ1) is 15.1. The fourth-order valence-corrected chi connectivity index (χ4v) is 3.18. The molecule has 4 N–H and O–H groups in total. The molecule has 0 atom stereocenters. The van der Waals surface area contributed by atoms with Gasteiger partial charge in [-0.2, -0.15) is 0 Å². The number of ether oxygens (including phenoxy) is 1. The maximum atomic E-state index is 12.3. The molecule has 4 aromatic rings. The van der Waals surface area contributed by atoms with Crippen LogP contribution in [-0.4, -0.2) is 28.3 Å². The van der Waals surface area contributed by atoms with E-state index in [9.17, 15) is 9.59 Å². The molecule has 0 aliphatic carbocycles. The molecule has 1 aromatic heterocycles. The van der Waals surface area contributed by atoms with E-state index in [2.05, 4.69) is 15.3 Å². The molecule has 1 heterocycles. The van der Waals surface area contributed by atoms with Crippen molar-refractivity contribution in [2.24, 2.45) is 5.73 Å². The van der Waals surface area contributed by atoms with Gasteiger partial charge < -0.3 is 20.8 Å². The summed E-state index contributed by atoms with van der Waals surface area (Å²) in [6.07, 6.45) is 1.55. The molecular weight excluding hydrogens is 392 g/mol. The highest BCUT2D eigenvalue weighted by molar-refractivity contribution is 5.94. The smallest absolute Gasteiger partial charge is 0.251 e. The van der Waals surface area contributed by atoms with Crippen molar-refractivity contribution < 1.29 is 14.3 Å². The van der Waals surface area contributed by atoms with Gasteiger partial charge in [0, 0.05) is 24.1 Å². The van der Waals surface area contributed by atoms with E-state index in [4.69, 9.17) is 10.5 Å². The Kier molecular flexibility index (Phi) is 5.93. The second-order valence-corrected chi connectivity index (χ2v) is 7.08. The molecule has 31 heavy (non-hydrogen) atoms. The predicted molar refractivity (Wildman–Crippen MR) is 118 cm³/mol. The molecule has 0 unspecified atom stereocenters. The lowest BCUT2D eigenvalue weighted by Gasteiger charge is -2.08. The normalized spacial score (nSPS) is 10.7. The number of carbonyl (C=O) groups is 2. The van der Waals surface area contributed by atoms with Gasteiger partial charge in [0.15, 0.2) is 0 Å². The maximum absolute atomic E-state index is 12.3. The minimum atomic E-state index is -0.487. The average molecular weight is 414 g/mol. The maximum Gasteiger partial charge on any atom is 0.251 e. The summed E-state index contributed by atoms with van der Waals surface area (Å²) in [5.41, 5.74) is 8.17. The van der Waals surface area contributed by atoms with Crippen molar-refractivity contribution in [2.75, 3.05) is 6.54 Å². The molecule has 0 fully saturated rings. The van der Waals surface area contributed by atoms with E-state index in [1.165, 1.54) is 0 Å². The number of nitrogens with one attached hydrogen (secondary N) is 2. The lowest BCUT2D eigenvalue weighted by Crippen LogP contribution is -2.24. The molecular formula is C24H22N4O3. The number of benzene rings is 3. The number of hydrogen-bond acceptors (Lipinski definition) is 4. The van der Waals surface area contributed by atoms with E-state index in [1.807, 2.05) is 24.3 Å². The number of hydrogen-bond donors (Lipinski definition) is 3. The zero-order valence-electron chi connectivity index (χ0n) is 16.8. The van der Waals surface area contributed by atoms with Gasteiger partial charge in [-0.15, -0.1) is 0 Å². The number of primary amides is 1. The number of rotatable bonds is 8. The molecule has 4 rings (SSSR count). The van der Waals surface area contributed by atoms with E-state index < -0.39 is 5.91 Å². The number of aromatic amines is 1. The van der Waals surface area contributed by atoms with Crippen LogP contribution >= 0.6 is 0 Å². The Balaban J connectivity index is 1.25. The summed E-state index contributed by atoms with van der Waals surface area (Å²) in [4.78, 5) is 31.3. The van der Waals surface area contributed by atoms with Crippen LogP contribution < -0.4 is 15.8 Å². The first-order valence-corrected chi connectivity index (χ1v) is 9.98. The fraction of sp³-hybridized carbons (Fsp3) is 0.125. The van der Waals surface area contributed by atoms with Gasteiger partial charge in [0.1, 0.15) is 17.3 Å². The summed E-state index contributed by atoms with van der Waals surface area (Å²) >= 11 is 0. The van der Waals surface area contributed by atoms with E-state index in [-0.39, 0.29) is 5.91 Å². The van der Waals surface area contributed by atoms with E-state index in [1.54, 1.807) is 48.5 Å². The number of aromatic nitrogens is 2. The van der Waals surface area contributed by atoms with Gasteiger partial charge in [0.2, 0.25) is 5.91 Å². The molecule has 0 aliphatic heterocycles. The van der Waals surface area contributed by atoms with Crippen molar-refractivity contribution in [3.8, 4) is 11.5 Å². The summed E-state index contributed by atoms with van der Waals surface area (Å²) in [6, 6.07) is 21.3. The molecule has 156 valence electrons. The predicted octanol–water partition coefficient (Wildman–Crippen LogP) is 3.82. The van der Waals surface area contributed by atoms with Gasteiger partial charge in [0.05, 0.1) is 11.0 Å². The minimum absolute atomic E-state index is 0.137. The van der Waals surface area contributed by atoms with Crippen molar-refractivity contribution in [1.82, 2.24) is 15.3 Å². The molecule has 2 amide bonds. The van der Waals surface area contributed by atoms with Crippen molar-refractivity contribution in [2.45, 2.75) is 12.8 Å². The van der Waals surface area contributed by atoms with Crippen LogP contribution in [-0.2, 0) is 6.42 Å². The van der Waals surface area contributed by atoms with Crippen LogP contribution in [0.3, 0.4) is 0 Å². The Bertz CT molecular complexity index is 1160. The molecule has 0 saturated carbocycles. The second kappa shape index (κ2) is 9.13. The Morgan fingerprint density at radius 1 is 0.903 bits per heavy atom. The van der Waals surface area contributed by atoms with Gasteiger partial charge in [0.25, 0.3) is 5.91 Å². The summed E-state index contributed by atoms with van der Waals surface area (Å²) in [6.45, 7) is 0.556. The first-order valence-electron chi connectivity index (χ1n) is 9.98. The number of para-hydroxylation sites is 2. The van der Waals surface area contributed by atoms with Crippen molar-refractivity contribution >= 4 is 22.8 Å². The summed E-state index contributed by atoms with van der Waals surface area (Å²) < 4.78 is 5.73. The van der Waals surface area contributed by atoms with Crippen LogP contribution in [0.4, 0.5) is 0 Å². The first kappa shape index (κ1) is 20.2. The number of aryl methyl sites for hydroxylation is 1. The fourth-order valence-electron chi connectivity index (χ4n) is 3.18. The lowest BCUT2D eigenvalue weighted by molar-refractivity contribution is 0.0951. The Labute approximate surface area is 179 Å². The minimum Gasteiger partial charge on any atom is -0.457 e. The highest BCUT2D eigenvalue weighted by Crippen LogP contribution is 2.22. The average Bonchev–Trinajstić information content (AvgIpc) is 3.20. The Morgan fingerprint density at radius 3 is 2.19 bits per heavy atom. The van der Waals surface area contributed by atoms with Gasteiger partial charge in [-0.05, 0) is 67.1 Å². The van der Waals surface area contributed by atoms with E-state index in [0.29, 0.717) is 29.2 Å². The third-order valence-electron chi connectivity index (χ3n) is 4.81. The number of amides is 2. The summed E-state index contributed by atoms with van der Waals surface area (Å²) in [5.74, 6) is 1.46. The zero-order chi connectivity index (χ0) is 21.6. The van der Waals surface area contributed by atoms with E-state index in [0.717, 1.165) is 29.7 Å². The van der Waals surface area contributed by atoms with Gasteiger partial charge >= 0.3 is 0 Å². The van der Waals surface area contributed by atoms with Crippen LogP contribution in [0.15, 0.2) is 72.8 Å². The van der Waals surface area contributed by atoms with Crippen LogP contribution in [0.5, 0.6) is 11.5 Å². The highest BCUT2D eigenvalue weighted by atomic mass is 16.5. The molecule has 3 aromatic carbocycles. The van der Waals surface area contributed by atoms with Gasteiger partial charge in [-0.25, -0.2) is 4.98 Å². The number of nitrogens with zero attached hydrogens (tertiary/aromatic N) is 1. The van der Waals surface area contributed by atoms with Crippen LogP contribution in [0.2, 0.25) is 0 Å². The Hall–Kier alpha value is -4.13. The monoisotopic (exact) mass is 414 g/mol. The highest BCUT2D eigenvalue weighted by Gasteiger charge is 2.07. The van der Waals surface area contributed by atoms with Crippen molar-refractivity contribution in [1.29, 1.82) is 0 Å². The molecule has 0 saturated heterocycles. The quantitative estimate of drug-likeness (QED) is 0.381. The molecule has 7 heteroatoms. The molecule has 0 radical (unpaired) electrons. The lowest BCUT2D eigenvalue weighted by atomic mass is 10.2. The number of H-pyrrole nitrogens is 1. The Morgan fingerprint density at radius 2 is 1.55 bits per heavy atom. The number of nitrogens with two attached hydrogens (primary N) is 1. The van der Waals surface area contributed by atoms with Crippen molar-refractivity contribution in [3.63, 3.8) is 0 Å². The van der Waals surface area contributed by atoms with Crippen LogP contribution in [0.1, 0.15) is 33.0 Å². The van der Waals surface area contributed by atoms with Crippen molar-refractivity contribution in [3.05, 3.63) is 89.7 Å². The summed E-state index contributed by atoms with van der Waals surface area (Å²) in [7, 11) is 0. The van der Waals surface area contributed by atoms with Gasteiger partial charge in [-0.3, -0.25) is 9.59 Å². The van der Waals surface area contributed by atoms with Gasteiger partial charge in [-0.1, -0.05) is 12.1 Å². The number of carbonyl (C=O) groups excluding carboxylic acids is 2. The topological polar surface area (TPSA) is 110 Å². The third kappa shape index (κ3) is 5.08. The third-order valence-corrected chi connectivity index (χ3v) is 4.81. The molecule has 0 bridgehead atoms. The largest absolute Gasteiger partial charge is 0.457 e. The van der Waals surface area contributed by atoms with Crippen LogP contribution in [0.25, 0.3) is 11.0 Å². The molecule has 0 aliphatic rings.